The number of amides is 4. The first-order valence-electron chi connectivity index (χ1n) is 9.23. The summed E-state index contributed by atoms with van der Waals surface area (Å²) in [5.74, 6) is -5.20. The zero-order valence-corrected chi connectivity index (χ0v) is 17.0. The van der Waals surface area contributed by atoms with Crippen molar-refractivity contribution in [1.82, 2.24) is 16.0 Å². The third kappa shape index (κ3) is 11.3. The second-order valence-electron chi connectivity index (χ2n) is 6.61. The number of carboxylic acids is 1. The molecule has 0 aliphatic rings. The molecule has 0 aromatic heterocycles. The van der Waals surface area contributed by atoms with Crippen molar-refractivity contribution in [3.8, 4) is 0 Å². The third-order valence-corrected chi connectivity index (χ3v) is 3.83. The Morgan fingerprint density at radius 3 is 1.87 bits per heavy atom. The van der Waals surface area contributed by atoms with Crippen LogP contribution in [0.2, 0.25) is 0 Å². The number of carbonyl (C=O) groups excluding carboxylic acids is 4. The maximum Gasteiger partial charge on any atom is 0.328 e. The fourth-order valence-corrected chi connectivity index (χ4v) is 2.22. The molecule has 13 N–H and O–H groups in total. The van der Waals surface area contributed by atoms with Gasteiger partial charge >= 0.3 is 5.97 Å². The van der Waals surface area contributed by atoms with Gasteiger partial charge in [-0.2, -0.15) is 0 Å². The van der Waals surface area contributed by atoms with Gasteiger partial charge in [-0.05, 0) is 19.8 Å². The molecule has 0 aliphatic heterocycles. The number of guanidine groups is 1. The Morgan fingerprint density at radius 1 is 0.903 bits per heavy atom. The van der Waals surface area contributed by atoms with Gasteiger partial charge in [0.25, 0.3) is 0 Å². The van der Waals surface area contributed by atoms with E-state index >= 15 is 0 Å². The molecule has 4 atom stereocenters. The van der Waals surface area contributed by atoms with Gasteiger partial charge in [0.15, 0.2) is 5.96 Å². The van der Waals surface area contributed by atoms with Gasteiger partial charge in [-0.15, -0.1) is 0 Å². The Hall–Kier alpha value is -3.46. The summed E-state index contributed by atoms with van der Waals surface area (Å²) in [6.45, 7) is 0.631. The monoisotopic (exact) mass is 446 g/mol. The normalized spacial score (nSPS) is 14.3. The predicted octanol–water partition coefficient (Wildman–Crippen LogP) is -5.21. The van der Waals surface area contributed by atoms with Crippen LogP contribution >= 0.6 is 0 Å². The van der Waals surface area contributed by atoms with Crippen molar-refractivity contribution in [3.05, 3.63) is 0 Å². The highest BCUT2D eigenvalue weighted by Gasteiger charge is 2.30. The maximum absolute atomic E-state index is 12.7. The van der Waals surface area contributed by atoms with Gasteiger partial charge in [-0.1, -0.05) is 0 Å². The van der Waals surface area contributed by atoms with Crippen LogP contribution in [0.15, 0.2) is 4.99 Å². The standard InChI is InChI=1S/C16H30N8O7/c1-7(17)12(27)22-8(3-2-4-21-16(19)20)13(28)23-9(5-11(18)26)14(29)24-10(6-25)15(30)31/h7-10,25H,2-6,17H2,1H3,(H2,18,26)(H,22,27)(H,23,28)(H,24,29)(H,30,31)(H4,19,20,21). The summed E-state index contributed by atoms with van der Waals surface area (Å²) in [7, 11) is 0. The molecule has 0 aliphatic carbocycles. The second-order valence-corrected chi connectivity index (χ2v) is 6.61. The molecule has 31 heavy (non-hydrogen) atoms. The molecule has 4 amide bonds. The Morgan fingerprint density at radius 2 is 1.42 bits per heavy atom. The Labute approximate surface area is 178 Å². The molecule has 0 saturated carbocycles. The third-order valence-electron chi connectivity index (χ3n) is 3.83. The molecule has 0 saturated heterocycles. The van der Waals surface area contributed by atoms with Crippen LogP contribution in [0.25, 0.3) is 0 Å². The molecular weight excluding hydrogens is 416 g/mol. The lowest BCUT2D eigenvalue weighted by Crippen LogP contribution is -2.58. The van der Waals surface area contributed by atoms with Crippen LogP contribution < -0.4 is 38.9 Å². The molecule has 15 heteroatoms. The number of nitrogens with one attached hydrogen (secondary N) is 3. The maximum atomic E-state index is 12.7. The zero-order chi connectivity index (χ0) is 24.1. The van der Waals surface area contributed by atoms with E-state index < -0.39 is 66.8 Å². The molecule has 0 aromatic rings. The highest BCUT2D eigenvalue weighted by molar-refractivity contribution is 5.96. The number of aliphatic imine (C=N–C) groups is 1. The number of carboxylic acid groups (broad SMARTS) is 1. The van der Waals surface area contributed by atoms with E-state index in [4.69, 9.17) is 33.1 Å². The molecule has 4 unspecified atom stereocenters. The summed E-state index contributed by atoms with van der Waals surface area (Å²) in [5.41, 5.74) is 21.0. The number of aliphatic carboxylic acids is 1. The largest absolute Gasteiger partial charge is 0.480 e. The van der Waals surface area contributed by atoms with Crippen LogP contribution in [0.3, 0.4) is 0 Å². The number of aliphatic hydroxyl groups is 1. The first-order chi connectivity index (χ1) is 14.4. The minimum Gasteiger partial charge on any atom is -0.480 e. The summed E-state index contributed by atoms with van der Waals surface area (Å²) >= 11 is 0. The van der Waals surface area contributed by atoms with Crippen molar-refractivity contribution in [2.75, 3.05) is 13.2 Å². The van der Waals surface area contributed by atoms with Gasteiger partial charge in [-0.25, -0.2) is 4.79 Å². The van der Waals surface area contributed by atoms with Crippen molar-refractivity contribution in [3.63, 3.8) is 0 Å². The van der Waals surface area contributed by atoms with Gasteiger partial charge in [0.05, 0.1) is 19.1 Å². The molecule has 0 fully saturated rings. The predicted molar refractivity (Wildman–Crippen MR) is 108 cm³/mol. The molecule has 0 spiro atoms. The molecule has 0 heterocycles. The SMILES string of the molecule is CC(N)C(=O)NC(CCCN=C(N)N)C(=O)NC(CC(N)=O)C(=O)NC(CO)C(=O)O. The van der Waals surface area contributed by atoms with Crippen molar-refractivity contribution in [2.45, 2.75) is 50.4 Å². The van der Waals surface area contributed by atoms with Crippen molar-refractivity contribution >= 4 is 35.6 Å². The van der Waals surface area contributed by atoms with Gasteiger partial charge in [0.2, 0.25) is 23.6 Å². The lowest BCUT2D eigenvalue weighted by Gasteiger charge is -2.24. The zero-order valence-electron chi connectivity index (χ0n) is 17.0. The van der Waals surface area contributed by atoms with Crippen LogP contribution in [0.5, 0.6) is 0 Å². The minimum atomic E-state index is -1.66. The van der Waals surface area contributed by atoms with E-state index in [1.165, 1.54) is 6.92 Å². The van der Waals surface area contributed by atoms with E-state index in [-0.39, 0.29) is 25.3 Å². The molecule has 0 aromatic carbocycles. The smallest absolute Gasteiger partial charge is 0.328 e. The van der Waals surface area contributed by atoms with E-state index in [1.54, 1.807) is 0 Å². The molecule has 0 radical (unpaired) electrons. The summed E-state index contributed by atoms with van der Waals surface area (Å²) in [6, 6.07) is -5.30. The number of primary amides is 1. The fourth-order valence-electron chi connectivity index (χ4n) is 2.22. The highest BCUT2D eigenvalue weighted by atomic mass is 16.4. The number of rotatable bonds is 14. The van der Waals surface area contributed by atoms with Crippen molar-refractivity contribution < 1.29 is 34.2 Å². The topological polar surface area (TPSA) is 278 Å². The molecule has 176 valence electrons. The average Bonchev–Trinajstić information content (AvgIpc) is 2.66. The first kappa shape index (κ1) is 27.5. The lowest BCUT2D eigenvalue weighted by molar-refractivity contribution is -0.143. The van der Waals surface area contributed by atoms with Crippen molar-refractivity contribution in [2.24, 2.45) is 27.9 Å². The summed E-state index contributed by atoms with van der Waals surface area (Å²) in [5, 5.41) is 24.6. The van der Waals surface area contributed by atoms with Crippen LogP contribution in [0.1, 0.15) is 26.2 Å². The van der Waals surface area contributed by atoms with Crippen LogP contribution in [0.4, 0.5) is 0 Å². The summed E-state index contributed by atoms with van der Waals surface area (Å²) < 4.78 is 0. The Bertz CT molecular complexity index is 693. The number of hydrogen-bond donors (Lipinski definition) is 9. The average molecular weight is 446 g/mol. The van der Waals surface area contributed by atoms with Gasteiger partial charge in [-0.3, -0.25) is 24.2 Å². The Balaban J connectivity index is 5.40. The van der Waals surface area contributed by atoms with Gasteiger partial charge in [0, 0.05) is 6.54 Å². The number of hydrogen-bond acceptors (Lipinski definition) is 8. The van der Waals surface area contributed by atoms with Crippen molar-refractivity contribution in [1.29, 1.82) is 0 Å². The van der Waals surface area contributed by atoms with Gasteiger partial charge < -0.3 is 49.1 Å². The lowest BCUT2D eigenvalue weighted by atomic mass is 10.1. The van der Waals surface area contributed by atoms with Crippen LogP contribution in [-0.2, 0) is 24.0 Å². The van der Waals surface area contributed by atoms with Crippen LogP contribution in [-0.4, -0.2) is 83.1 Å². The number of nitrogens with zero attached hydrogens (tertiary/aromatic N) is 1. The molecule has 0 bridgehead atoms. The number of aliphatic hydroxyl groups excluding tert-OH is 1. The van der Waals surface area contributed by atoms with E-state index in [1.807, 2.05) is 5.32 Å². The van der Waals surface area contributed by atoms with E-state index in [9.17, 15) is 24.0 Å². The molecular formula is C16H30N8O7. The molecule has 15 nitrogen and oxygen atoms in total. The first-order valence-corrected chi connectivity index (χ1v) is 9.23. The fraction of sp³-hybridized carbons (Fsp3) is 0.625. The molecule has 0 rings (SSSR count). The minimum absolute atomic E-state index is 0.0559. The van der Waals surface area contributed by atoms with E-state index in [2.05, 4.69) is 15.6 Å². The summed E-state index contributed by atoms with van der Waals surface area (Å²) in [6.07, 6.45) is -0.328. The Kier molecular flexibility index (Phi) is 12.2. The highest BCUT2D eigenvalue weighted by Crippen LogP contribution is 2.02. The van der Waals surface area contributed by atoms with Gasteiger partial charge in [0.1, 0.15) is 18.1 Å². The second kappa shape index (κ2) is 13.7. The van der Waals surface area contributed by atoms with E-state index in [0.717, 1.165) is 0 Å². The quantitative estimate of drug-likeness (QED) is 0.0694. The summed E-state index contributed by atoms with van der Waals surface area (Å²) in [4.78, 5) is 62.9. The number of nitrogens with two attached hydrogens (primary N) is 4. The van der Waals surface area contributed by atoms with Crippen LogP contribution in [0, 0.1) is 0 Å². The van der Waals surface area contributed by atoms with E-state index in [0.29, 0.717) is 0 Å². The number of carbonyl (C=O) groups is 5.